The summed E-state index contributed by atoms with van der Waals surface area (Å²) in [6, 6.07) is 18.1. The lowest BCUT2D eigenvalue weighted by molar-refractivity contribution is 0.309. The van der Waals surface area contributed by atoms with Gasteiger partial charge in [-0.1, -0.05) is 48.5 Å². The largest absolute Gasteiger partial charge is 0.0622 e. The van der Waals surface area contributed by atoms with Crippen molar-refractivity contribution >= 4 is 0 Å². The van der Waals surface area contributed by atoms with E-state index in [1.807, 2.05) is 0 Å². The van der Waals surface area contributed by atoms with Crippen LogP contribution in [0.1, 0.15) is 47.4 Å². The zero-order chi connectivity index (χ0) is 13.8. The molecule has 5 rings (SSSR count). The third kappa shape index (κ3) is 1.75. The molecule has 0 nitrogen and oxygen atoms in total. The predicted octanol–water partition coefficient (Wildman–Crippen LogP) is 4.96. The van der Waals surface area contributed by atoms with Crippen LogP contribution in [-0.2, 0) is 12.8 Å². The minimum Gasteiger partial charge on any atom is -0.0622 e. The normalized spacial score (nSPS) is 32.2. The summed E-state index contributed by atoms with van der Waals surface area (Å²) in [6.45, 7) is 0. The van der Waals surface area contributed by atoms with Crippen LogP contribution >= 0.6 is 0 Å². The molecule has 0 radical (unpaired) electrons. The van der Waals surface area contributed by atoms with E-state index in [1.165, 1.54) is 31.2 Å². The Morgan fingerprint density at radius 1 is 0.857 bits per heavy atom. The van der Waals surface area contributed by atoms with Crippen molar-refractivity contribution in [2.75, 3.05) is 0 Å². The van der Waals surface area contributed by atoms with Crippen molar-refractivity contribution in [1.82, 2.24) is 0 Å². The summed E-state index contributed by atoms with van der Waals surface area (Å²) >= 11 is 0. The van der Waals surface area contributed by atoms with E-state index in [9.17, 15) is 0 Å². The number of rotatable bonds is 2. The Balaban J connectivity index is 1.56. The molecule has 3 aliphatic rings. The fourth-order valence-corrected chi connectivity index (χ4v) is 5.65. The van der Waals surface area contributed by atoms with Crippen molar-refractivity contribution < 1.29 is 0 Å². The van der Waals surface area contributed by atoms with Gasteiger partial charge in [-0.05, 0) is 78.0 Å². The summed E-state index contributed by atoms with van der Waals surface area (Å²) in [6.07, 6.45) is 7.00. The second-order valence-electron chi connectivity index (χ2n) is 7.38. The molecule has 2 unspecified atom stereocenters. The first-order valence-electron chi connectivity index (χ1n) is 8.55. The van der Waals surface area contributed by atoms with Crippen LogP contribution in [0.25, 0.3) is 0 Å². The average Bonchev–Trinajstić information content (AvgIpc) is 3.20. The standard InChI is InChI=1S/C21H22/c1-2-5-14(6-3-1)11-16-7-4-8-17-13-19-15-9-10-18(12-15)21(19)20(16)17/h1-8,15,18-19,21H,9-13H2/t15-,18+,19?,21?/m1/s1. The van der Waals surface area contributed by atoms with Crippen LogP contribution in [0.4, 0.5) is 0 Å². The van der Waals surface area contributed by atoms with E-state index in [0.717, 1.165) is 30.1 Å². The smallest absolute Gasteiger partial charge is 0.00228 e. The van der Waals surface area contributed by atoms with E-state index >= 15 is 0 Å². The van der Waals surface area contributed by atoms with Gasteiger partial charge in [0.1, 0.15) is 0 Å². The SMILES string of the molecule is c1ccc(Cc2cccc3c2C2C(C3)[C@@H]3CC[C@H]2C3)cc1. The Bertz CT molecular complexity index is 670. The Morgan fingerprint density at radius 3 is 2.62 bits per heavy atom. The number of benzene rings is 2. The maximum Gasteiger partial charge on any atom is -0.00228 e. The van der Waals surface area contributed by atoms with Crippen molar-refractivity contribution in [3.05, 3.63) is 70.8 Å². The van der Waals surface area contributed by atoms with Gasteiger partial charge in [0.2, 0.25) is 0 Å². The molecule has 2 aromatic carbocycles. The van der Waals surface area contributed by atoms with Crippen molar-refractivity contribution in [3.8, 4) is 0 Å². The quantitative estimate of drug-likeness (QED) is 0.726. The highest BCUT2D eigenvalue weighted by Gasteiger charge is 2.51. The molecule has 0 amide bonds. The monoisotopic (exact) mass is 274 g/mol. The van der Waals surface area contributed by atoms with E-state index in [1.54, 1.807) is 16.7 Å². The van der Waals surface area contributed by atoms with Gasteiger partial charge in [0.25, 0.3) is 0 Å². The minimum atomic E-state index is 0.902. The Hall–Kier alpha value is -1.56. The second kappa shape index (κ2) is 4.47. The lowest BCUT2D eigenvalue weighted by atomic mass is 9.78. The molecule has 3 aliphatic carbocycles. The van der Waals surface area contributed by atoms with Gasteiger partial charge in [0, 0.05) is 0 Å². The lowest BCUT2D eigenvalue weighted by Crippen LogP contribution is -2.17. The highest BCUT2D eigenvalue weighted by Crippen LogP contribution is 2.61. The van der Waals surface area contributed by atoms with E-state index in [2.05, 4.69) is 48.5 Å². The predicted molar refractivity (Wildman–Crippen MR) is 86.5 cm³/mol. The van der Waals surface area contributed by atoms with Crippen molar-refractivity contribution in [3.63, 3.8) is 0 Å². The number of hydrogen-bond donors (Lipinski definition) is 0. The molecular weight excluding hydrogens is 252 g/mol. The summed E-state index contributed by atoms with van der Waals surface area (Å²) in [4.78, 5) is 0. The molecule has 106 valence electrons. The zero-order valence-electron chi connectivity index (χ0n) is 12.5. The zero-order valence-corrected chi connectivity index (χ0v) is 12.5. The Labute approximate surface area is 127 Å². The van der Waals surface area contributed by atoms with Gasteiger partial charge in [-0.25, -0.2) is 0 Å². The van der Waals surface area contributed by atoms with E-state index in [0.29, 0.717) is 0 Å². The van der Waals surface area contributed by atoms with Crippen LogP contribution in [0.15, 0.2) is 48.5 Å². The fourth-order valence-electron chi connectivity index (χ4n) is 5.65. The van der Waals surface area contributed by atoms with Crippen LogP contribution in [-0.4, -0.2) is 0 Å². The molecule has 2 bridgehead atoms. The third-order valence-electron chi connectivity index (χ3n) is 6.40. The minimum absolute atomic E-state index is 0.902. The molecule has 2 fully saturated rings. The van der Waals surface area contributed by atoms with Crippen molar-refractivity contribution in [1.29, 1.82) is 0 Å². The molecule has 0 aliphatic heterocycles. The summed E-state index contributed by atoms with van der Waals surface area (Å²) in [5.74, 6) is 3.92. The maximum atomic E-state index is 2.40. The van der Waals surface area contributed by atoms with E-state index in [4.69, 9.17) is 0 Å². The maximum absolute atomic E-state index is 2.40. The molecule has 0 saturated heterocycles. The molecule has 0 aromatic heterocycles. The highest BCUT2D eigenvalue weighted by molar-refractivity contribution is 5.46. The van der Waals surface area contributed by atoms with Crippen LogP contribution < -0.4 is 0 Å². The van der Waals surface area contributed by atoms with Gasteiger partial charge in [-0.3, -0.25) is 0 Å². The van der Waals surface area contributed by atoms with Gasteiger partial charge in [-0.2, -0.15) is 0 Å². The Morgan fingerprint density at radius 2 is 1.71 bits per heavy atom. The fraction of sp³-hybridized carbons (Fsp3) is 0.429. The van der Waals surface area contributed by atoms with Gasteiger partial charge >= 0.3 is 0 Å². The van der Waals surface area contributed by atoms with Gasteiger partial charge in [0.15, 0.2) is 0 Å². The average molecular weight is 274 g/mol. The summed E-state index contributed by atoms with van der Waals surface area (Å²) < 4.78 is 0. The van der Waals surface area contributed by atoms with Crippen LogP contribution in [0.3, 0.4) is 0 Å². The third-order valence-corrected chi connectivity index (χ3v) is 6.40. The van der Waals surface area contributed by atoms with Crippen molar-refractivity contribution in [2.45, 2.75) is 38.0 Å². The first-order chi connectivity index (χ1) is 10.4. The molecule has 0 heteroatoms. The summed E-state index contributed by atoms with van der Waals surface area (Å²) in [5, 5.41) is 0. The molecule has 4 atom stereocenters. The topological polar surface area (TPSA) is 0 Å². The highest BCUT2D eigenvalue weighted by atomic mass is 14.6. The van der Waals surface area contributed by atoms with Crippen LogP contribution in [0.2, 0.25) is 0 Å². The lowest BCUT2D eigenvalue weighted by Gasteiger charge is -2.26. The van der Waals surface area contributed by atoms with Gasteiger partial charge in [0.05, 0.1) is 0 Å². The summed E-state index contributed by atoms with van der Waals surface area (Å²) in [5.41, 5.74) is 6.50. The molecular formula is C21H22. The van der Waals surface area contributed by atoms with Crippen molar-refractivity contribution in [2.24, 2.45) is 17.8 Å². The molecule has 0 heterocycles. The second-order valence-corrected chi connectivity index (χ2v) is 7.38. The first kappa shape index (κ1) is 12.0. The molecule has 2 saturated carbocycles. The molecule has 2 aromatic rings. The van der Waals surface area contributed by atoms with Crippen LogP contribution in [0.5, 0.6) is 0 Å². The first-order valence-corrected chi connectivity index (χ1v) is 8.55. The molecule has 0 spiro atoms. The number of fused-ring (bicyclic) bond motifs is 7. The van der Waals surface area contributed by atoms with E-state index < -0.39 is 0 Å². The van der Waals surface area contributed by atoms with Gasteiger partial charge in [-0.15, -0.1) is 0 Å². The van der Waals surface area contributed by atoms with Crippen LogP contribution in [0, 0.1) is 17.8 Å². The summed E-state index contributed by atoms with van der Waals surface area (Å²) in [7, 11) is 0. The molecule has 21 heavy (non-hydrogen) atoms. The number of hydrogen-bond acceptors (Lipinski definition) is 0. The Kier molecular flexibility index (Phi) is 2.56. The molecule has 0 N–H and O–H groups in total. The van der Waals surface area contributed by atoms with E-state index in [-0.39, 0.29) is 0 Å². The van der Waals surface area contributed by atoms with Gasteiger partial charge < -0.3 is 0 Å².